The van der Waals surface area contributed by atoms with Crippen LogP contribution in [-0.4, -0.2) is 34.0 Å². The van der Waals surface area contributed by atoms with Gasteiger partial charge in [0.05, 0.1) is 11.3 Å². The van der Waals surface area contributed by atoms with E-state index >= 15 is 0 Å². The molecule has 0 radical (unpaired) electrons. The summed E-state index contributed by atoms with van der Waals surface area (Å²) in [6.07, 6.45) is -1.87. The van der Waals surface area contributed by atoms with Crippen LogP contribution in [-0.2, 0) is 12.7 Å². The molecule has 0 aliphatic carbocycles. The summed E-state index contributed by atoms with van der Waals surface area (Å²) < 4.78 is 43.1. The molecule has 1 aliphatic heterocycles. The number of rotatable bonds is 5. The SMILES string of the molecule is CNSc1ccc(Nc2ccc(C(F)(F)F)cn2)c(-c2cn3c(n2)C(=O)NCC3)c1. The van der Waals surface area contributed by atoms with E-state index in [1.807, 2.05) is 12.1 Å². The molecular formula is C19H17F3N6OS. The molecule has 0 bridgehead atoms. The van der Waals surface area contributed by atoms with E-state index in [2.05, 4.69) is 25.3 Å². The lowest BCUT2D eigenvalue weighted by atomic mass is 10.1. The number of aromatic nitrogens is 3. The van der Waals surface area contributed by atoms with E-state index in [-0.39, 0.29) is 11.7 Å². The standard InChI is InChI=1S/C19H17F3N6OS/c1-23-30-12-3-4-14(26-16-5-2-11(9-25-16)19(20,21)22)13(8-12)15-10-28-7-6-24-18(29)17(28)27-15/h2-5,8-10,23H,6-7H2,1H3,(H,24,29)(H,25,26). The lowest BCUT2D eigenvalue weighted by molar-refractivity contribution is -0.137. The van der Waals surface area contributed by atoms with Gasteiger partial charge in [-0.3, -0.25) is 9.52 Å². The minimum Gasteiger partial charge on any atom is -0.348 e. The lowest BCUT2D eigenvalue weighted by Gasteiger charge is -2.13. The van der Waals surface area contributed by atoms with Crippen molar-refractivity contribution in [3.63, 3.8) is 0 Å². The Labute approximate surface area is 174 Å². The molecule has 0 atom stereocenters. The van der Waals surface area contributed by atoms with Gasteiger partial charge in [-0.05, 0) is 49.3 Å². The van der Waals surface area contributed by atoms with Crippen molar-refractivity contribution in [3.05, 3.63) is 54.1 Å². The summed E-state index contributed by atoms with van der Waals surface area (Å²) in [7, 11) is 1.79. The smallest absolute Gasteiger partial charge is 0.348 e. The van der Waals surface area contributed by atoms with E-state index in [0.717, 1.165) is 17.2 Å². The number of alkyl halides is 3. The third kappa shape index (κ3) is 4.12. The van der Waals surface area contributed by atoms with E-state index in [0.29, 0.717) is 35.9 Å². The molecule has 4 rings (SSSR count). The number of nitrogens with zero attached hydrogens (tertiary/aromatic N) is 3. The number of carbonyl (C=O) groups is 1. The van der Waals surface area contributed by atoms with Crippen LogP contribution in [0.2, 0.25) is 0 Å². The topological polar surface area (TPSA) is 83.9 Å². The zero-order valence-corrected chi connectivity index (χ0v) is 16.6. The second-order valence-corrected chi connectivity index (χ2v) is 7.55. The molecule has 0 saturated heterocycles. The highest BCUT2D eigenvalue weighted by Gasteiger charge is 2.30. The van der Waals surface area contributed by atoms with Crippen LogP contribution in [0.25, 0.3) is 11.3 Å². The maximum absolute atomic E-state index is 12.8. The summed E-state index contributed by atoms with van der Waals surface area (Å²) in [6, 6.07) is 7.79. The molecule has 2 aromatic heterocycles. The summed E-state index contributed by atoms with van der Waals surface area (Å²) >= 11 is 1.41. The van der Waals surface area contributed by atoms with Crippen LogP contribution < -0.4 is 15.4 Å². The van der Waals surface area contributed by atoms with Gasteiger partial charge in [0.15, 0.2) is 5.82 Å². The van der Waals surface area contributed by atoms with Crippen molar-refractivity contribution in [2.45, 2.75) is 17.6 Å². The van der Waals surface area contributed by atoms with Gasteiger partial charge in [-0.25, -0.2) is 9.97 Å². The van der Waals surface area contributed by atoms with Crippen molar-refractivity contribution >= 4 is 29.4 Å². The predicted octanol–water partition coefficient (Wildman–Crippen LogP) is 3.68. The molecule has 3 heterocycles. The number of benzene rings is 1. The molecule has 7 nitrogen and oxygen atoms in total. The van der Waals surface area contributed by atoms with E-state index in [4.69, 9.17) is 0 Å². The number of nitrogens with one attached hydrogen (secondary N) is 3. The van der Waals surface area contributed by atoms with Crippen LogP contribution >= 0.6 is 11.9 Å². The van der Waals surface area contributed by atoms with E-state index in [1.54, 1.807) is 23.9 Å². The predicted molar refractivity (Wildman–Crippen MR) is 107 cm³/mol. The molecular weight excluding hydrogens is 417 g/mol. The Morgan fingerprint density at radius 3 is 2.73 bits per heavy atom. The van der Waals surface area contributed by atoms with Crippen molar-refractivity contribution in [3.8, 4) is 11.3 Å². The fraction of sp³-hybridized carbons (Fsp3) is 0.211. The van der Waals surface area contributed by atoms with Crippen LogP contribution in [0, 0.1) is 0 Å². The third-order valence-electron chi connectivity index (χ3n) is 4.46. The van der Waals surface area contributed by atoms with E-state index in [1.165, 1.54) is 18.0 Å². The Morgan fingerprint density at radius 1 is 1.23 bits per heavy atom. The Kier molecular flexibility index (Phi) is 5.39. The summed E-state index contributed by atoms with van der Waals surface area (Å²) in [5.41, 5.74) is 1.07. The number of fused-ring (bicyclic) bond motifs is 1. The number of imidazole rings is 1. The molecule has 0 saturated carbocycles. The number of hydrogen-bond acceptors (Lipinski definition) is 6. The molecule has 1 aliphatic rings. The van der Waals surface area contributed by atoms with Crippen LogP contribution in [0.4, 0.5) is 24.7 Å². The number of pyridine rings is 1. The van der Waals surface area contributed by atoms with Crippen molar-refractivity contribution in [2.24, 2.45) is 0 Å². The Hall–Kier alpha value is -3.05. The molecule has 1 amide bonds. The van der Waals surface area contributed by atoms with Gasteiger partial charge in [0, 0.05) is 41.6 Å². The second-order valence-electron chi connectivity index (χ2n) is 6.47. The van der Waals surface area contributed by atoms with Crippen LogP contribution in [0.1, 0.15) is 16.2 Å². The highest BCUT2D eigenvalue weighted by atomic mass is 32.2. The van der Waals surface area contributed by atoms with Gasteiger partial charge < -0.3 is 15.2 Å². The number of hydrogen-bond donors (Lipinski definition) is 3. The first-order valence-corrected chi connectivity index (χ1v) is 9.80. The average Bonchev–Trinajstić information content (AvgIpc) is 3.15. The molecule has 11 heteroatoms. The molecule has 0 unspecified atom stereocenters. The molecule has 3 aromatic rings. The fourth-order valence-corrected chi connectivity index (χ4v) is 3.61. The number of carbonyl (C=O) groups excluding carboxylic acids is 1. The zero-order chi connectivity index (χ0) is 21.3. The van der Waals surface area contributed by atoms with Crippen molar-refractivity contribution in [1.29, 1.82) is 0 Å². The van der Waals surface area contributed by atoms with Gasteiger partial charge in [-0.15, -0.1) is 0 Å². The van der Waals surface area contributed by atoms with Gasteiger partial charge >= 0.3 is 6.18 Å². The minimum atomic E-state index is -4.45. The molecule has 0 spiro atoms. The summed E-state index contributed by atoms with van der Waals surface area (Å²) in [5.74, 6) is 0.341. The van der Waals surface area contributed by atoms with Gasteiger partial charge in [-0.1, -0.05) is 0 Å². The molecule has 0 fully saturated rings. The summed E-state index contributed by atoms with van der Waals surface area (Å²) in [4.78, 5) is 21.3. The molecule has 1 aromatic carbocycles. The first-order valence-electron chi connectivity index (χ1n) is 8.99. The number of anilines is 2. The van der Waals surface area contributed by atoms with Gasteiger partial charge in [-0.2, -0.15) is 13.2 Å². The quantitative estimate of drug-likeness (QED) is 0.532. The molecule has 3 N–H and O–H groups in total. The summed E-state index contributed by atoms with van der Waals surface area (Å²) in [5, 5.41) is 5.81. The minimum absolute atomic E-state index is 0.243. The van der Waals surface area contributed by atoms with Crippen molar-refractivity contribution < 1.29 is 18.0 Å². The summed E-state index contributed by atoms with van der Waals surface area (Å²) in [6.45, 7) is 1.14. The van der Waals surface area contributed by atoms with Gasteiger partial charge in [0.25, 0.3) is 5.91 Å². The monoisotopic (exact) mass is 434 g/mol. The second kappa shape index (κ2) is 8.00. The molecule has 30 heavy (non-hydrogen) atoms. The van der Waals surface area contributed by atoms with Gasteiger partial charge in [0.2, 0.25) is 0 Å². The Morgan fingerprint density at radius 2 is 2.07 bits per heavy atom. The maximum Gasteiger partial charge on any atom is 0.417 e. The zero-order valence-electron chi connectivity index (χ0n) is 15.7. The molecule has 156 valence electrons. The first kappa shape index (κ1) is 20.2. The largest absolute Gasteiger partial charge is 0.417 e. The van der Waals surface area contributed by atoms with Crippen LogP contribution in [0.3, 0.4) is 0 Å². The van der Waals surface area contributed by atoms with Crippen molar-refractivity contribution in [1.82, 2.24) is 24.6 Å². The van der Waals surface area contributed by atoms with Crippen LogP contribution in [0.5, 0.6) is 0 Å². The third-order valence-corrected chi connectivity index (χ3v) is 5.15. The Bertz CT molecular complexity index is 1080. The normalized spacial score (nSPS) is 13.7. The lowest BCUT2D eigenvalue weighted by Crippen LogP contribution is -2.35. The highest BCUT2D eigenvalue weighted by Crippen LogP contribution is 2.34. The van der Waals surface area contributed by atoms with Crippen LogP contribution in [0.15, 0.2) is 47.6 Å². The fourth-order valence-electron chi connectivity index (χ4n) is 3.07. The average molecular weight is 434 g/mol. The maximum atomic E-state index is 12.8. The van der Waals surface area contributed by atoms with Gasteiger partial charge in [0.1, 0.15) is 5.82 Å². The van der Waals surface area contributed by atoms with E-state index in [9.17, 15) is 18.0 Å². The number of amides is 1. The highest BCUT2D eigenvalue weighted by molar-refractivity contribution is 7.97. The Balaban J connectivity index is 1.71. The van der Waals surface area contributed by atoms with Crippen molar-refractivity contribution in [2.75, 3.05) is 18.9 Å². The first-order chi connectivity index (χ1) is 14.3. The van der Waals surface area contributed by atoms with E-state index < -0.39 is 11.7 Å². The number of halogens is 3.